The molecule has 1 unspecified atom stereocenters. The Morgan fingerprint density at radius 2 is 1.46 bits per heavy atom. The lowest BCUT2D eigenvalue weighted by Crippen LogP contribution is -2.35. The Kier molecular flexibility index (Phi) is 10.3. The van der Waals surface area contributed by atoms with Crippen LogP contribution in [0, 0.1) is 0 Å². The standard InChI is InChI=1S/C39H33N3O4S2/c1-3-34(39(45)42-32-16-7-9-18-35(32)48-36-19-10-8-17-33(36)42)47-30-22-20-28(21-23-30)40-38(44)31(25-26-12-11-15-29(24-26)46-2)41-37(43)27-13-5-4-6-14-27/h4-25,34H,3H2,1-2H3,(H,40,44)(H,41,43)/b31-25-. The van der Waals surface area contributed by atoms with Crippen molar-refractivity contribution in [1.29, 1.82) is 0 Å². The van der Waals surface area contributed by atoms with Crippen molar-refractivity contribution >= 4 is 64.4 Å². The molecule has 0 spiro atoms. The molecule has 6 rings (SSSR count). The van der Waals surface area contributed by atoms with Gasteiger partial charge in [0.2, 0.25) is 5.91 Å². The van der Waals surface area contributed by atoms with Crippen LogP contribution in [0.2, 0.25) is 0 Å². The van der Waals surface area contributed by atoms with E-state index in [0.717, 1.165) is 26.1 Å². The van der Waals surface area contributed by atoms with Crippen molar-refractivity contribution in [3.8, 4) is 5.75 Å². The largest absolute Gasteiger partial charge is 0.497 e. The number of benzene rings is 5. The Bertz CT molecular complexity index is 1930. The number of para-hydroxylation sites is 2. The van der Waals surface area contributed by atoms with Gasteiger partial charge >= 0.3 is 0 Å². The second-order valence-corrected chi connectivity index (χ2v) is 13.2. The van der Waals surface area contributed by atoms with Crippen molar-refractivity contribution < 1.29 is 19.1 Å². The molecule has 2 N–H and O–H groups in total. The van der Waals surface area contributed by atoms with E-state index in [0.29, 0.717) is 29.0 Å². The van der Waals surface area contributed by atoms with Crippen LogP contribution in [0.25, 0.3) is 6.08 Å². The van der Waals surface area contributed by atoms with Crippen molar-refractivity contribution in [2.75, 3.05) is 17.3 Å². The van der Waals surface area contributed by atoms with E-state index in [4.69, 9.17) is 4.74 Å². The Balaban J connectivity index is 1.19. The van der Waals surface area contributed by atoms with Gasteiger partial charge in [-0.1, -0.05) is 73.3 Å². The first-order valence-electron chi connectivity index (χ1n) is 15.4. The summed E-state index contributed by atoms with van der Waals surface area (Å²) < 4.78 is 5.33. The Hall–Kier alpha value is -5.25. The molecule has 1 atom stereocenters. The van der Waals surface area contributed by atoms with Crippen molar-refractivity contribution in [2.24, 2.45) is 0 Å². The number of fused-ring (bicyclic) bond motifs is 2. The molecule has 7 nitrogen and oxygen atoms in total. The molecule has 1 heterocycles. The molecule has 0 bridgehead atoms. The third-order valence-corrected chi connectivity index (χ3v) is 10.1. The molecule has 0 aromatic heterocycles. The van der Waals surface area contributed by atoms with E-state index in [1.165, 1.54) is 11.8 Å². The van der Waals surface area contributed by atoms with E-state index in [-0.39, 0.29) is 16.9 Å². The first-order chi connectivity index (χ1) is 23.4. The van der Waals surface area contributed by atoms with E-state index in [2.05, 4.69) is 10.6 Å². The molecule has 0 saturated carbocycles. The minimum Gasteiger partial charge on any atom is -0.497 e. The maximum Gasteiger partial charge on any atom is 0.272 e. The van der Waals surface area contributed by atoms with Crippen LogP contribution in [0.5, 0.6) is 5.75 Å². The van der Waals surface area contributed by atoms with Gasteiger partial charge < -0.3 is 15.4 Å². The van der Waals surface area contributed by atoms with Gasteiger partial charge in [0.15, 0.2) is 0 Å². The fourth-order valence-corrected chi connectivity index (χ4v) is 7.27. The zero-order valence-corrected chi connectivity index (χ0v) is 28.0. The van der Waals surface area contributed by atoms with Crippen LogP contribution < -0.4 is 20.3 Å². The molecule has 0 saturated heterocycles. The number of carbonyl (C=O) groups is 3. The molecule has 0 aliphatic carbocycles. The van der Waals surface area contributed by atoms with Gasteiger partial charge in [-0.15, -0.1) is 11.8 Å². The number of thioether (sulfide) groups is 1. The second-order valence-electron chi connectivity index (χ2n) is 10.9. The van der Waals surface area contributed by atoms with Crippen LogP contribution in [0.15, 0.2) is 148 Å². The zero-order chi connectivity index (χ0) is 33.5. The predicted octanol–water partition coefficient (Wildman–Crippen LogP) is 8.80. The van der Waals surface area contributed by atoms with Crippen molar-refractivity contribution in [3.05, 3.63) is 144 Å². The molecular formula is C39H33N3O4S2. The van der Waals surface area contributed by atoms with Crippen LogP contribution >= 0.6 is 23.5 Å². The number of hydrogen-bond donors (Lipinski definition) is 2. The summed E-state index contributed by atoms with van der Waals surface area (Å²) in [6.07, 6.45) is 2.24. The predicted molar refractivity (Wildman–Crippen MR) is 194 cm³/mol. The zero-order valence-electron chi connectivity index (χ0n) is 26.4. The first-order valence-corrected chi connectivity index (χ1v) is 17.1. The lowest BCUT2D eigenvalue weighted by atomic mass is 10.1. The summed E-state index contributed by atoms with van der Waals surface area (Å²) in [6.45, 7) is 2.01. The van der Waals surface area contributed by atoms with E-state index in [9.17, 15) is 14.4 Å². The molecule has 0 radical (unpaired) electrons. The van der Waals surface area contributed by atoms with Gasteiger partial charge in [-0.05, 0) is 90.9 Å². The smallest absolute Gasteiger partial charge is 0.272 e. The number of rotatable bonds is 10. The summed E-state index contributed by atoms with van der Waals surface area (Å²) in [4.78, 5) is 45.5. The number of anilines is 3. The van der Waals surface area contributed by atoms with Gasteiger partial charge in [0.05, 0.1) is 23.7 Å². The van der Waals surface area contributed by atoms with Gasteiger partial charge in [0.1, 0.15) is 11.4 Å². The fourth-order valence-electron chi connectivity index (χ4n) is 5.21. The van der Waals surface area contributed by atoms with Gasteiger partial charge in [-0.25, -0.2) is 0 Å². The lowest BCUT2D eigenvalue weighted by Gasteiger charge is -2.33. The molecule has 0 fully saturated rings. The van der Waals surface area contributed by atoms with Crippen LogP contribution in [-0.4, -0.2) is 30.1 Å². The molecule has 3 amide bonds. The third-order valence-electron chi connectivity index (χ3n) is 7.62. The van der Waals surface area contributed by atoms with Gasteiger partial charge in [-0.3, -0.25) is 19.3 Å². The van der Waals surface area contributed by atoms with Crippen molar-refractivity contribution in [2.45, 2.75) is 33.3 Å². The highest BCUT2D eigenvalue weighted by molar-refractivity contribution is 8.00. The quantitative estimate of drug-likeness (QED) is 0.114. The molecule has 1 aliphatic rings. The normalized spacial score (nSPS) is 12.7. The van der Waals surface area contributed by atoms with Crippen LogP contribution in [0.3, 0.4) is 0 Å². The average molecular weight is 672 g/mol. The molecule has 240 valence electrons. The monoisotopic (exact) mass is 671 g/mol. The number of carbonyl (C=O) groups excluding carboxylic acids is 3. The molecular weight excluding hydrogens is 639 g/mol. The molecule has 48 heavy (non-hydrogen) atoms. The van der Waals surface area contributed by atoms with E-state index in [1.54, 1.807) is 73.5 Å². The Morgan fingerprint density at radius 1 is 0.812 bits per heavy atom. The molecule has 9 heteroatoms. The number of amides is 3. The van der Waals surface area contributed by atoms with Crippen LogP contribution in [-0.2, 0) is 9.59 Å². The maximum absolute atomic E-state index is 14.1. The summed E-state index contributed by atoms with van der Waals surface area (Å²) >= 11 is 3.17. The van der Waals surface area contributed by atoms with Crippen LogP contribution in [0.4, 0.5) is 17.1 Å². The topological polar surface area (TPSA) is 87.7 Å². The van der Waals surface area contributed by atoms with Crippen molar-refractivity contribution in [3.63, 3.8) is 0 Å². The minimum atomic E-state index is -0.482. The number of methoxy groups -OCH3 is 1. The van der Waals surface area contributed by atoms with E-state index < -0.39 is 11.8 Å². The van der Waals surface area contributed by atoms with E-state index in [1.807, 2.05) is 90.7 Å². The number of hydrogen-bond acceptors (Lipinski definition) is 6. The highest BCUT2D eigenvalue weighted by atomic mass is 32.2. The van der Waals surface area contributed by atoms with Crippen molar-refractivity contribution in [1.82, 2.24) is 5.32 Å². The number of nitrogens with zero attached hydrogens (tertiary/aromatic N) is 1. The number of nitrogens with one attached hydrogen (secondary N) is 2. The third kappa shape index (κ3) is 7.48. The van der Waals surface area contributed by atoms with Gasteiger partial charge in [-0.2, -0.15) is 0 Å². The highest BCUT2D eigenvalue weighted by Crippen LogP contribution is 2.48. The van der Waals surface area contributed by atoms with Crippen LogP contribution in [0.1, 0.15) is 29.3 Å². The van der Waals surface area contributed by atoms with E-state index >= 15 is 0 Å². The summed E-state index contributed by atoms with van der Waals surface area (Å²) in [5.74, 6) is -0.243. The van der Waals surface area contributed by atoms with Gasteiger partial charge in [0, 0.05) is 25.9 Å². The summed E-state index contributed by atoms with van der Waals surface area (Å²) in [6, 6.07) is 39.3. The lowest BCUT2D eigenvalue weighted by molar-refractivity contribution is -0.117. The Morgan fingerprint density at radius 3 is 2.10 bits per heavy atom. The van der Waals surface area contributed by atoms with Gasteiger partial charge in [0.25, 0.3) is 11.8 Å². The second kappa shape index (κ2) is 15.1. The first kappa shape index (κ1) is 32.7. The molecule has 1 aliphatic heterocycles. The number of ether oxygens (including phenoxy) is 1. The minimum absolute atomic E-state index is 0.0153. The highest BCUT2D eigenvalue weighted by Gasteiger charge is 2.32. The Labute approximate surface area is 288 Å². The average Bonchev–Trinajstić information content (AvgIpc) is 3.13. The molecule has 5 aromatic carbocycles. The summed E-state index contributed by atoms with van der Waals surface area (Å²) in [7, 11) is 1.57. The molecule has 5 aromatic rings. The maximum atomic E-state index is 14.1. The summed E-state index contributed by atoms with van der Waals surface area (Å²) in [5, 5.41) is 5.33. The summed E-state index contributed by atoms with van der Waals surface area (Å²) in [5.41, 5.74) is 3.52. The fraction of sp³-hybridized carbons (Fsp3) is 0.103. The SMILES string of the molecule is CCC(Sc1ccc(NC(=O)/C(=C/c2cccc(OC)c2)NC(=O)c2ccccc2)cc1)C(=O)N1c2ccccc2Sc2ccccc21.